The van der Waals surface area contributed by atoms with Crippen molar-refractivity contribution < 1.29 is 18.7 Å². The highest BCUT2D eigenvalue weighted by Crippen LogP contribution is 2.28. The number of anilines is 1. The monoisotopic (exact) mass is 329 g/mol. The van der Waals surface area contributed by atoms with E-state index in [0.717, 1.165) is 11.1 Å². The van der Waals surface area contributed by atoms with Crippen LogP contribution in [0.5, 0.6) is 11.5 Å². The standard InChI is InChI=1S/C19H20FNO3/c1-4-5-14-7-9-17(18(11-14)23-3)24-12-19(22)21-16-10-13(2)6-8-15(16)20/h4-11H,12H2,1-3H3,(H,21,22). The first kappa shape index (κ1) is 17.5. The van der Waals surface area contributed by atoms with Crippen LogP contribution in [0.4, 0.5) is 10.1 Å². The Kier molecular flexibility index (Phi) is 5.95. The summed E-state index contributed by atoms with van der Waals surface area (Å²) in [6, 6.07) is 9.92. The molecule has 0 bridgehead atoms. The highest BCUT2D eigenvalue weighted by atomic mass is 19.1. The maximum atomic E-state index is 13.6. The molecule has 0 aliphatic heterocycles. The first-order valence-electron chi connectivity index (χ1n) is 7.53. The fourth-order valence-corrected chi connectivity index (χ4v) is 2.16. The van der Waals surface area contributed by atoms with E-state index in [9.17, 15) is 9.18 Å². The normalized spacial score (nSPS) is 10.7. The largest absolute Gasteiger partial charge is 0.493 e. The Morgan fingerprint density at radius 1 is 1.21 bits per heavy atom. The number of carbonyl (C=O) groups excluding carboxylic acids is 1. The maximum Gasteiger partial charge on any atom is 0.262 e. The average molecular weight is 329 g/mol. The third-order valence-corrected chi connectivity index (χ3v) is 3.30. The quantitative estimate of drug-likeness (QED) is 0.864. The summed E-state index contributed by atoms with van der Waals surface area (Å²) in [5.74, 6) is 0.0482. The lowest BCUT2D eigenvalue weighted by molar-refractivity contribution is -0.118. The third-order valence-electron chi connectivity index (χ3n) is 3.30. The van der Waals surface area contributed by atoms with Gasteiger partial charge >= 0.3 is 0 Å². The molecule has 0 heterocycles. The average Bonchev–Trinajstić information content (AvgIpc) is 2.57. The molecule has 0 atom stereocenters. The van der Waals surface area contributed by atoms with Crippen LogP contribution in [-0.4, -0.2) is 19.6 Å². The molecule has 4 nitrogen and oxygen atoms in total. The number of hydrogen-bond acceptors (Lipinski definition) is 3. The smallest absolute Gasteiger partial charge is 0.262 e. The Labute approximate surface area is 140 Å². The molecule has 126 valence electrons. The number of methoxy groups -OCH3 is 1. The zero-order chi connectivity index (χ0) is 17.5. The molecule has 0 aliphatic carbocycles. The van der Waals surface area contributed by atoms with Gasteiger partial charge in [0.2, 0.25) is 0 Å². The summed E-state index contributed by atoms with van der Waals surface area (Å²) in [5.41, 5.74) is 1.96. The number of carbonyl (C=O) groups is 1. The lowest BCUT2D eigenvalue weighted by atomic mass is 10.2. The number of benzene rings is 2. The molecule has 24 heavy (non-hydrogen) atoms. The third kappa shape index (κ3) is 4.59. The van der Waals surface area contributed by atoms with Crippen LogP contribution in [0.25, 0.3) is 6.08 Å². The van der Waals surface area contributed by atoms with Crippen molar-refractivity contribution in [3.05, 3.63) is 59.4 Å². The molecule has 0 saturated carbocycles. The van der Waals surface area contributed by atoms with Gasteiger partial charge in [0.1, 0.15) is 5.82 Å². The molecule has 2 aromatic rings. The molecule has 0 aromatic heterocycles. The van der Waals surface area contributed by atoms with Crippen molar-refractivity contribution in [1.29, 1.82) is 0 Å². The number of nitrogens with one attached hydrogen (secondary N) is 1. The van der Waals surface area contributed by atoms with Gasteiger partial charge in [-0.15, -0.1) is 0 Å². The van der Waals surface area contributed by atoms with Gasteiger partial charge in [-0.25, -0.2) is 4.39 Å². The number of aryl methyl sites for hydroxylation is 1. The second kappa shape index (κ2) is 8.15. The molecule has 5 heteroatoms. The molecule has 0 spiro atoms. The molecule has 0 saturated heterocycles. The van der Waals surface area contributed by atoms with Gasteiger partial charge in [0.25, 0.3) is 5.91 Å². The van der Waals surface area contributed by atoms with Crippen LogP contribution >= 0.6 is 0 Å². The zero-order valence-corrected chi connectivity index (χ0v) is 13.9. The van der Waals surface area contributed by atoms with E-state index in [4.69, 9.17) is 9.47 Å². The molecule has 0 fully saturated rings. The van der Waals surface area contributed by atoms with Crippen molar-refractivity contribution >= 4 is 17.7 Å². The van der Waals surface area contributed by atoms with Gasteiger partial charge < -0.3 is 14.8 Å². The molecule has 0 radical (unpaired) electrons. The first-order valence-corrected chi connectivity index (χ1v) is 7.53. The molecule has 0 aliphatic rings. The lowest BCUT2D eigenvalue weighted by Gasteiger charge is -2.12. The summed E-state index contributed by atoms with van der Waals surface area (Å²) in [4.78, 5) is 12.0. The fourth-order valence-electron chi connectivity index (χ4n) is 2.16. The number of rotatable bonds is 6. The zero-order valence-electron chi connectivity index (χ0n) is 13.9. The molecule has 2 aromatic carbocycles. The van der Waals surface area contributed by atoms with Crippen molar-refractivity contribution in [2.45, 2.75) is 13.8 Å². The van der Waals surface area contributed by atoms with E-state index in [1.807, 2.05) is 38.1 Å². The van der Waals surface area contributed by atoms with Crippen molar-refractivity contribution in [2.75, 3.05) is 19.0 Å². The summed E-state index contributed by atoms with van der Waals surface area (Å²) < 4.78 is 24.4. The fraction of sp³-hybridized carbons (Fsp3) is 0.211. The summed E-state index contributed by atoms with van der Waals surface area (Å²) in [5, 5.41) is 2.50. The Morgan fingerprint density at radius 3 is 2.71 bits per heavy atom. The van der Waals surface area contributed by atoms with E-state index in [1.165, 1.54) is 13.2 Å². The predicted molar refractivity (Wildman–Crippen MR) is 93.0 cm³/mol. The topological polar surface area (TPSA) is 47.6 Å². The van der Waals surface area contributed by atoms with Gasteiger partial charge in [-0.2, -0.15) is 0 Å². The van der Waals surface area contributed by atoms with Crippen LogP contribution in [0.2, 0.25) is 0 Å². The van der Waals surface area contributed by atoms with Crippen molar-refractivity contribution in [2.24, 2.45) is 0 Å². The van der Waals surface area contributed by atoms with E-state index in [-0.39, 0.29) is 12.3 Å². The van der Waals surface area contributed by atoms with Crippen LogP contribution < -0.4 is 14.8 Å². The van der Waals surface area contributed by atoms with E-state index in [1.54, 1.807) is 18.2 Å². The highest BCUT2D eigenvalue weighted by molar-refractivity contribution is 5.92. The number of hydrogen-bond donors (Lipinski definition) is 1. The van der Waals surface area contributed by atoms with Gasteiger partial charge in [0.15, 0.2) is 18.1 Å². The number of allylic oxidation sites excluding steroid dienone is 1. The Balaban J connectivity index is 2.02. The second-order valence-electron chi connectivity index (χ2n) is 5.23. The summed E-state index contributed by atoms with van der Waals surface area (Å²) in [7, 11) is 1.53. The van der Waals surface area contributed by atoms with Gasteiger partial charge in [-0.05, 0) is 49.2 Å². The minimum Gasteiger partial charge on any atom is -0.493 e. The minimum atomic E-state index is -0.484. The molecule has 2 rings (SSSR count). The van der Waals surface area contributed by atoms with Gasteiger partial charge in [0.05, 0.1) is 12.8 Å². The number of ether oxygens (including phenoxy) is 2. The van der Waals surface area contributed by atoms with Gasteiger partial charge in [0, 0.05) is 0 Å². The van der Waals surface area contributed by atoms with Crippen LogP contribution in [0.3, 0.4) is 0 Å². The van der Waals surface area contributed by atoms with E-state index in [2.05, 4.69) is 5.32 Å². The maximum absolute atomic E-state index is 13.6. The molecular weight excluding hydrogens is 309 g/mol. The highest BCUT2D eigenvalue weighted by Gasteiger charge is 2.10. The van der Waals surface area contributed by atoms with E-state index < -0.39 is 11.7 Å². The Hall–Kier alpha value is -2.82. The summed E-state index contributed by atoms with van der Waals surface area (Å²) in [6.07, 6.45) is 3.85. The van der Waals surface area contributed by atoms with Crippen LogP contribution in [0, 0.1) is 12.7 Å². The van der Waals surface area contributed by atoms with E-state index in [0.29, 0.717) is 11.5 Å². The number of halogens is 1. The summed E-state index contributed by atoms with van der Waals surface area (Å²) >= 11 is 0. The molecule has 1 N–H and O–H groups in total. The van der Waals surface area contributed by atoms with Crippen molar-refractivity contribution in [3.63, 3.8) is 0 Å². The lowest BCUT2D eigenvalue weighted by Crippen LogP contribution is -2.21. The SMILES string of the molecule is CC=Cc1ccc(OCC(=O)Nc2cc(C)ccc2F)c(OC)c1. The number of amides is 1. The van der Waals surface area contributed by atoms with E-state index >= 15 is 0 Å². The van der Waals surface area contributed by atoms with Crippen LogP contribution in [0.15, 0.2) is 42.5 Å². The molecule has 1 amide bonds. The van der Waals surface area contributed by atoms with Crippen molar-refractivity contribution in [1.82, 2.24) is 0 Å². The van der Waals surface area contributed by atoms with Crippen molar-refractivity contribution in [3.8, 4) is 11.5 Å². The van der Waals surface area contributed by atoms with Crippen LogP contribution in [0.1, 0.15) is 18.1 Å². The summed E-state index contributed by atoms with van der Waals surface area (Å²) in [6.45, 7) is 3.50. The van der Waals surface area contributed by atoms with Crippen LogP contribution in [-0.2, 0) is 4.79 Å². The first-order chi connectivity index (χ1) is 11.5. The second-order valence-corrected chi connectivity index (χ2v) is 5.23. The molecular formula is C19H20FNO3. The molecule has 0 unspecified atom stereocenters. The van der Waals surface area contributed by atoms with Gasteiger partial charge in [-0.3, -0.25) is 4.79 Å². The van der Waals surface area contributed by atoms with Gasteiger partial charge in [-0.1, -0.05) is 24.3 Å². The Morgan fingerprint density at radius 2 is 2.00 bits per heavy atom. The Bertz CT molecular complexity index is 756. The predicted octanol–water partition coefficient (Wildman–Crippen LogP) is 4.19. The minimum absolute atomic E-state index is 0.138.